The number of hydrogen-bond donors (Lipinski definition) is 1. The molecule has 3 aromatic heterocycles. The van der Waals surface area contributed by atoms with E-state index >= 15 is 0 Å². The molecule has 4 heterocycles. The molecule has 7 heteroatoms. The average Bonchev–Trinajstić information content (AvgIpc) is 3.18. The molecule has 0 saturated carbocycles. The topological polar surface area (TPSA) is 74.8 Å². The van der Waals surface area contributed by atoms with Crippen LogP contribution in [0.3, 0.4) is 0 Å². The predicted molar refractivity (Wildman–Crippen MR) is 96.2 cm³/mol. The van der Waals surface area contributed by atoms with Crippen molar-refractivity contribution in [2.45, 2.75) is 33.2 Å². The van der Waals surface area contributed by atoms with Gasteiger partial charge in [-0.2, -0.15) is 5.10 Å². The molecule has 0 atom stereocenters. The molecule has 1 amide bonds. The predicted octanol–water partition coefficient (Wildman–Crippen LogP) is 2.67. The summed E-state index contributed by atoms with van der Waals surface area (Å²) in [5, 5.41) is 8.60. The first-order valence-corrected chi connectivity index (χ1v) is 9.10. The van der Waals surface area contributed by atoms with Crippen LogP contribution in [0.5, 0.6) is 0 Å². The minimum Gasteiger partial charge on any atom is -0.337 e. The number of amides is 1. The third-order valence-electron chi connectivity index (χ3n) is 4.56. The Bertz CT molecular complexity index is 915. The maximum Gasteiger partial charge on any atom is 0.228 e. The SMILES string of the molecule is Cc1nc(CC(=O)N2CCc3[nH]nc(-c4ccncc4)c3C2)c(C)s1. The number of hydrogen-bond acceptors (Lipinski definition) is 5. The van der Waals surface area contributed by atoms with Gasteiger partial charge in [0.1, 0.15) is 0 Å². The number of H-pyrrole nitrogens is 1. The smallest absolute Gasteiger partial charge is 0.228 e. The Balaban J connectivity index is 1.55. The molecular formula is C18H19N5OS. The molecule has 0 fully saturated rings. The standard InChI is InChI=1S/C18H19N5OS/c1-11-16(20-12(2)25-11)9-17(24)23-8-5-15-14(10-23)18(22-21-15)13-3-6-19-7-4-13/h3-4,6-7H,5,8-10H2,1-2H3,(H,21,22). The highest BCUT2D eigenvalue weighted by Crippen LogP contribution is 2.28. The summed E-state index contributed by atoms with van der Waals surface area (Å²) in [6.07, 6.45) is 4.69. The first-order chi connectivity index (χ1) is 12.1. The summed E-state index contributed by atoms with van der Waals surface area (Å²) in [6.45, 7) is 5.31. The number of thiazole rings is 1. The lowest BCUT2D eigenvalue weighted by atomic mass is 10.0. The molecular weight excluding hydrogens is 334 g/mol. The number of rotatable bonds is 3. The van der Waals surface area contributed by atoms with E-state index in [0.717, 1.165) is 44.5 Å². The monoisotopic (exact) mass is 353 g/mol. The van der Waals surface area contributed by atoms with E-state index in [1.807, 2.05) is 30.9 Å². The van der Waals surface area contributed by atoms with Crippen LogP contribution in [0.4, 0.5) is 0 Å². The number of aromatic nitrogens is 4. The second-order valence-electron chi connectivity index (χ2n) is 6.24. The van der Waals surface area contributed by atoms with E-state index in [2.05, 4.69) is 20.2 Å². The van der Waals surface area contributed by atoms with Gasteiger partial charge in [0.25, 0.3) is 0 Å². The molecule has 1 aliphatic heterocycles. The highest BCUT2D eigenvalue weighted by molar-refractivity contribution is 7.11. The summed E-state index contributed by atoms with van der Waals surface area (Å²) in [6, 6.07) is 3.89. The summed E-state index contributed by atoms with van der Waals surface area (Å²) in [4.78, 5) is 24.3. The second-order valence-corrected chi connectivity index (χ2v) is 7.65. The normalized spacial score (nSPS) is 13.8. The molecule has 0 saturated heterocycles. The van der Waals surface area contributed by atoms with Gasteiger partial charge in [-0.05, 0) is 26.0 Å². The second kappa shape index (κ2) is 6.40. The van der Waals surface area contributed by atoms with Crippen molar-refractivity contribution in [3.8, 4) is 11.3 Å². The minimum atomic E-state index is 0.126. The zero-order valence-electron chi connectivity index (χ0n) is 14.2. The van der Waals surface area contributed by atoms with E-state index in [4.69, 9.17) is 0 Å². The van der Waals surface area contributed by atoms with Crippen LogP contribution in [0.1, 0.15) is 26.8 Å². The third kappa shape index (κ3) is 3.07. The van der Waals surface area contributed by atoms with Crippen LogP contribution in [-0.2, 0) is 24.2 Å². The van der Waals surface area contributed by atoms with Gasteiger partial charge in [0.2, 0.25) is 5.91 Å². The third-order valence-corrected chi connectivity index (χ3v) is 5.49. The van der Waals surface area contributed by atoms with Gasteiger partial charge in [-0.15, -0.1) is 11.3 Å². The molecule has 0 aliphatic carbocycles. The highest BCUT2D eigenvalue weighted by Gasteiger charge is 2.26. The Labute approximate surface area is 149 Å². The lowest BCUT2D eigenvalue weighted by molar-refractivity contribution is -0.131. The first-order valence-electron chi connectivity index (χ1n) is 8.29. The summed E-state index contributed by atoms with van der Waals surface area (Å²) in [5.41, 5.74) is 5.07. The van der Waals surface area contributed by atoms with Crippen molar-refractivity contribution >= 4 is 17.2 Å². The van der Waals surface area contributed by atoms with Crippen LogP contribution < -0.4 is 0 Å². The fourth-order valence-corrected chi connectivity index (χ4v) is 4.08. The van der Waals surface area contributed by atoms with Gasteiger partial charge < -0.3 is 4.90 Å². The summed E-state index contributed by atoms with van der Waals surface area (Å²) < 4.78 is 0. The van der Waals surface area contributed by atoms with Crippen molar-refractivity contribution in [1.82, 2.24) is 25.1 Å². The molecule has 6 nitrogen and oxygen atoms in total. The van der Waals surface area contributed by atoms with E-state index in [1.165, 1.54) is 0 Å². The molecule has 0 aromatic carbocycles. The lowest BCUT2D eigenvalue weighted by Gasteiger charge is -2.27. The van der Waals surface area contributed by atoms with Crippen molar-refractivity contribution in [1.29, 1.82) is 0 Å². The van der Waals surface area contributed by atoms with E-state index in [-0.39, 0.29) is 5.91 Å². The van der Waals surface area contributed by atoms with E-state index in [1.54, 1.807) is 23.7 Å². The summed E-state index contributed by atoms with van der Waals surface area (Å²) in [7, 11) is 0. The average molecular weight is 353 g/mol. The molecule has 128 valence electrons. The van der Waals surface area contributed by atoms with E-state index in [0.29, 0.717) is 19.5 Å². The number of aromatic amines is 1. The fourth-order valence-electron chi connectivity index (χ4n) is 3.25. The van der Waals surface area contributed by atoms with Crippen molar-refractivity contribution in [3.63, 3.8) is 0 Å². The Morgan fingerprint density at radius 2 is 2.12 bits per heavy atom. The first kappa shape index (κ1) is 16.0. The number of pyridine rings is 1. The van der Waals surface area contributed by atoms with Crippen LogP contribution in [0, 0.1) is 13.8 Å². The fraction of sp³-hybridized carbons (Fsp3) is 0.333. The van der Waals surface area contributed by atoms with Crippen LogP contribution in [0.2, 0.25) is 0 Å². The van der Waals surface area contributed by atoms with Crippen LogP contribution in [-0.4, -0.2) is 37.5 Å². The molecule has 3 aromatic rings. The van der Waals surface area contributed by atoms with Gasteiger partial charge in [-0.3, -0.25) is 14.9 Å². The molecule has 0 spiro atoms. The maximum atomic E-state index is 12.8. The quantitative estimate of drug-likeness (QED) is 0.785. The Hall–Kier alpha value is -2.54. The molecule has 0 radical (unpaired) electrons. The summed E-state index contributed by atoms with van der Waals surface area (Å²) >= 11 is 1.64. The van der Waals surface area contributed by atoms with Crippen LogP contribution in [0.25, 0.3) is 11.3 Å². The molecule has 0 bridgehead atoms. The molecule has 0 unspecified atom stereocenters. The minimum absolute atomic E-state index is 0.126. The van der Waals surface area contributed by atoms with E-state index < -0.39 is 0 Å². The van der Waals surface area contributed by atoms with Crippen molar-refractivity contribution in [3.05, 3.63) is 51.4 Å². The maximum absolute atomic E-state index is 12.8. The number of carbonyl (C=O) groups excluding carboxylic acids is 1. The lowest BCUT2D eigenvalue weighted by Crippen LogP contribution is -2.37. The number of carbonyl (C=O) groups is 1. The Morgan fingerprint density at radius 3 is 2.84 bits per heavy atom. The van der Waals surface area contributed by atoms with Crippen molar-refractivity contribution in [2.75, 3.05) is 6.54 Å². The van der Waals surface area contributed by atoms with Crippen molar-refractivity contribution < 1.29 is 4.79 Å². The van der Waals surface area contributed by atoms with Crippen LogP contribution in [0.15, 0.2) is 24.5 Å². The molecule has 1 aliphatic rings. The van der Waals surface area contributed by atoms with Gasteiger partial charge in [-0.1, -0.05) is 0 Å². The van der Waals surface area contributed by atoms with Gasteiger partial charge in [-0.25, -0.2) is 4.98 Å². The van der Waals surface area contributed by atoms with Gasteiger partial charge in [0.15, 0.2) is 0 Å². The zero-order valence-corrected chi connectivity index (χ0v) is 15.1. The van der Waals surface area contributed by atoms with Gasteiger partial charge >= 0.3 is 0 Å². The molecule has 4 rings (SSSR count). The summed E-state index contributed by atoms with van der Waals surface area (Å²) in [5.74, 6) is 0.126. The van der Waals surface area contributed by atoms with Crippen LogP contribution >= 0.6 is 11.3 Å². The molecule has 25 heavy (non-hydrogen) atoms. The zero-order chi connectivity index (χ0) is 17.4. The Morgan fingerprint density at radius 1 is 1.32 bits per heavy atom. The number of fused-ring (bicyclic) bond motifs is 1. The Kier molecular flexibility index (Phi) is 4.09. The largest absolute Gasteiger partial charge is 0.337 e. The number of nitrogens with zero attached hydrogens (tertiary/aromatic N) is 4. The molecule has 1 N–H and O–H groups in total. The van der Waals surface area contributed by atoms with Crippen molar-refractivity contribution in [2.24, 2.45) is 0 Å². The number of nitrogens with one attached hydrogen (secondary N) is 1. The highest BCUT2D eigenvalue weighted by atomic mass is 32.1. The number of aryl methyl sites for hydroxylation is 2. The van der Waals surface area contributed by atoms with Gasteiger partial charge in [0, 0.05) is 53.6 Å². The van der Waals surface area contributed by atoms with Gasteiger partial charge in [0.05, 0.1) is 22.8 Å². The van der Waals surface area contributed by atoms with E-state index in [9.17, 15) is 4.79 Å².